The van der Waals surface area contributed by atoms with Crippen molar-refractivity contribution in [2.24, 2.45) is 5.41 Å². The molecule has 0 aliphatic heterocycles. The summed E-state index contributed by atoms with van der Waals surface area (Å²) < 4.78 is 0. The number of carbonyl (C=O) groups excluding carboxylic acids is 1. The van der Waals surface area contributed by atoms with Crippen molar-refractivity contribution in [1.29, 1.82) is 0 Å². The molecule has 0 aliphatic carbocycles. The lowest BCUT2D eigenvalue weighted by molar-refractivity contribution is -0.122. The van der Waals surface area contributed by atoms with Crippen LogP contribution in [0.4, 0.5) is 5.13 Å². The van der Waals surface area contributed by atoms with Gasteiger partial charge in [0, 0.05) is 6.42 Å². The number of nitrogens with one attached hydrogen (secondary N) is 1. The van der Waals surface area contributed by atoms with Crippen molar-refractivity contribution in [3.05, 3.63) is 40.9 Å². The van der Waals surface area contributed by atoms with Crippen LogP contribution in [0.1, 0.15) is 50.2 Å². The van der Waals surface area contributed by atoms with Gasteiger partial charge in [-0.2, -0.15) is 0 Å². The van der Waals surface area contributed by atoms with Crippen molar-refractivity contribution in [2.75, 3.05) is 5.73 Å². The first kappa shape index (κ1) is 16.4. The molecular formula is C16H22N4OS. The van der Waals surface area contributed by atoms with Crippen molar-refractivity contribution < 1.29 is 4.79 Å². The summed E-state index contributed by atoms with van der Waals surface area (Å²) in [5, 5.41) is 12.1. The van der Waals surface area contributed by atoms with Gasteiger partial charge in [0.1, 0.15) is 11.0 Å². The Morgan fingerprint density at radius 2 is 1.95 bits per heavy atom. The molecule has 2 aromatic rings. The van der Waals surface area contributed by atoms with Gasteiger partial charge in [0.05, 0.1) is 0 Å². The minimum atomic E-state index is -0.302. The Morgan fingerprint density at radius 1 is 1.27 bits per heavy atom. The van der Waals surface area contributed by atoms with E-state index in [0.29, 0.717) is 16.6 Å². The van der Waals surface area contributed by atoms with E-state index >= 15 is 0 Å². The molecule has 5 nitrogen and oxygen atoms in total. The number of anilines is 1. The van der Waals surface area contributed by atoms with Crippen LogP contribution >= 0.6 is 11.3 Å². The van der Waals surface area contributed by atoms with Crippen molar-refractivity contribution in [2.45, 2.75) is 39.7 Å². The molecule has 0 aliphatic rings. The quantitative estimate of drug-likeness (QED) is 0.887. The zero-order chi connectivity index (χ0) is 16.2. The average Bonchev–Trinajstić information content (AvgIpc) is 2.89. The first-order chi connectivity index (χ1) is 10.3. The van der Waals surface area contributed by atoms with Gasteiger partial charge in [-0.1, -0.05) is 62.4 Å². The van der Waals surface area contributed by atoms with Crippen molar-refractivity contribution >= 4 is 22.4 Å². The number of carbonyl (C=O) groups is 1. The number of rotatable bonds is 5. The van der Waals surface area contributed by atoms with Crippen LogP contribution in [-0.4, -0.2) is 16.1 Å². The maximum Gasteiger partial charge on any atom is 0.220 e. The molecule has 2 rings (SSSR count). The van der Waals surface area contributed by atoms with Gasteiger partial charge in [-0.15, -0.1) is 10.2 Å². The van der Waals surface area contributed by atoms with Crippen LogP contribution in [0.3, 0.4) is 0 Å². The minimum absolute atomic E-state index is 0.0116. The van der Waals surface area contributed by atoms with Gasteiger partial charge in [-0.25, -0.2) is 0 Å². The minimum Gasteiger partial charge on any atom is -0.374 e. The molecule has 6 heteroatoms. The van der Waals surface area contributed by atoms with Crippen LogP contribution in [0, 0.1) is 5.41 Å². The van der Waals surface area contributed by atoms with E-state index in [-0.39, 0.29) is 17.4 Å². The Morgan fingerprint density at radius 3 is 2.50 bits per heavy atom. The van der Waals surface area contributed by atoms with E-state index in [1.165, 1.54) is 11.3 Å². The maximum absolute atomic E-state index is 12.3. The second-order valence-corrected chi connectivity index (χ2v) is 7.49. The summed E-state index contributed by atoms with van der Waals surface area (Å²) in [7, 11) is 0. The number of aromatic nitrogens is 2. The van der Waals surface area contributed by atoms with Gasteiger partial charge in [0.25, 0.3) is 0 Å². The fourth-order valence-electron chi connectivity index (χ4n) is 2.02. The number of nitrogen functional groups attached to an aromatic ring is 1. The topological polar surface area (TPSA) is 80.9 Å². The second-order valence-electron chi connectivity index (χ2n) is 6.45. The van der Waals surface area contributed by atoms with E-state index in [0.717, 1.165) is 12.0 Å². The first-order valence-corrected chi connectivity index (χ1v) is 8.10. The molecule has 0 fully saturated rings. The smallest absolute Gasteiger partial charge is 0.220 e. The first-order valence-electron chi connectivity index (χ1n) is 7.28. The van der Waals surface area contributed by atoms with Gasteiger partial charge in [0.15, 0.2) is 0 Å². The summed E-state index contributed by atoms with van der Waals surface area (Å²) in [6.07, 6.45) is 1.32. The molecule has 0 saturated heterocycles. The highest BCUT2D eigenvalue weighted by atomic mass is 32.1. The third kappa shape index (κ3) is 4.80. The zero-order valence-corrected chi connectivity index (χ0v) is 14.0. The lowest BCUT2D eigenvalue weighted by Crippen LogP contribution is -2.30. The number of nitrogens with zero attached hydrogens (tertiary/aromatic N) is 2. The highest BCUT2D eigenvalue weighted by molar-refractivity contribution is 7.15. The average molecular weight is 318 g/mol. The summed E-state index contributed by atoms with van der Waals surface area (Å²) in [4.78, 5) is 12.3. The largest absolute Gasteiger partial charge is 0.374 e. The van der Waals surface area contributed by atoms with Gasteiger partial charge < -0.3 is 11.1 Å². The lowest BCUT2D eigenvalue weighted by Gasteiger charge is -2.20. The third-order valence-corrected chi connectivity index (χ3v) is 4.06. The van der Waals surface area contributed by atoms with Crippen LogP contribution in [0.5, 0.6) is 0 Å². The molecule has 1 atom stereocenters. The van der Waals surface area contributed by atoms with Crippen molar-refractivity contribution in [3.63, 3.8) is 0 Å². The lowest BCUT2D eigenvalue weighted by atomic mass is 9.90. The molecule has 3 N–H and O–H groups in total. The Kier molecular flexibility index (Phi) is 5.13. The SMILES string of the molecule is CC(C)(C)CCC(=O)N[C@H](c1ccccc1)c1nnc(N)s1. The summed E-state index contributed by atoms with van der Waals surface area (Å²) in [6.45, 7) is 6.38. The van der Waals surface area contributed by atoms with Crippen LogP contribution in [0.25, 0.3) is 0 Å². The Hall–Kier alpha value is -1.95. The maximum atomic E-state index is 12.3. The fraction of sp³-hybridized carbons (Fsp3) is 0.438. The molecule has 0 bridgehead atoms. The van der Waals surface area contributed by atoms with Gasteiger partial charge in [-0.05, 0) is 17.4 Å². The molecule has 0 radical (unpaired) electrons. The number of amides is 1. The number of nitrogens with two attached hydrogens (primary N) is 1. The summed E-state index contributed by atoms with van der Waals surface area (Å²) in [6, 6.07) is 9.44. The van der Waals surface area contributed by atoms with E-state index in [9.17, 15) is 4.79 Å². The molecule has 0 spiro atoms. The number of benzene rings is 1. The fourth-order valence-corrected chi connectivity index (χ4v) is 2.71. The standard InChI is InChI=1S/C16H22N4OS/c1-16(2,3)10-9-12(21)18-13(11-7-5-4-6-8-11)14-19-20-15(17)22-14/h4-8,13H,9-10H2,1-3H3,(H2,17,20)(H,18,21)/t13-/m1/s1. The second kappa shape index (κ2) is 6.87. The van der Waals surface area contributed by atoms with Gasteiger partial charge in [0.2, 0.25) is 11.0 Å². The van der Waals surface area contributed by atoms with E-state index in [1.54, 1.807) is 0 Å². The number of hydrogen-bond acceptors (Lipinski definition) is 5. The van der Waals surface area contributed by atoms with Crippen LogP contribution in [-0.2, 0) is 4.79 Å². The highest BCUT2D eigenvalue weighted by Gasteiger charge is 2.21. The third-order valence-electron chi connectivity index (χ3n) is 3.24. The summed E-state index contributed by atoms with van der Waals surface area (Å²) >= 11 is 1.30. The molecule has 1 aromatic heterocycles. The van der Waals surface area contributed by atoms with Gasteiger partial charge in [-0.3, -0.25) is 4.79 Å². The molecular weight excluding hydrogens is 296 g/mol. The normalized spacial score (nSPS) is 12.9. The van der Waals surface area contributed by atoms with Gasteiger partial charge >= 0.3 is 0 Å². The molecule has 0 saturated carbocycles. The van der Waals surface area contributed by atoms with E-state index < -0.39 is 0 Å². The summed E-state index contributed by atoms with van der Waals surface area (Å²) in [5.41, 5.74) is 6.78. The molecule has 1 aromatic carbocycles. The molecule has 1 amide bonds. The monoisotopic (exact) mass is 318 g/mol. The van der Waals surface area contributed by atoms with E-state index in [1.807, 2.05) is 30.3 Å². The molecule has 1 heterocycles. The zero-order valence-electron chi connectivity index (χ0n) is 13.2. The Balaban J connectivity index is 2.14. The van der Waals surface area contributed by atoms with Crippen LogP contribution < -0.4 is 11.1 Å². The predicted octanol–water partition coefficient (Wildman–Crippen LogP) is 3.15. The van der Waals surface area contributed by atoms with Crippen LogP contribution in [0.2, 0.25) is 0 Å². The Labute approximate surface area is 135 Å². The predicted molar refractivity (Wildman–Crippen MR) is 89.4 cm³/mol. The Bertz CT molecular complexity index is 619. The van der Waals surface area contributed by atoms with E-state index in [4.69, 9.17) is 5.73 Å². The van der Waals surface area contributed by atoms with Crippen LogP contribution in [0.15, 0.2) is 30.3 Å². The van der Waals surface area contributed by atoms with Crippen molar-refractivity contribution in [1.82, 2.24) is 15.5 Å². The molecule has 22 heavy (non-hydrogen) atoms. The molecule has 118 valence electrons. The van der Waals surface area contributed by atoms with Crippen molar-refractivity contribution in [3.8, 4) is 0 Å². The number of hydrogen-bond donors (Lipinski definition) is 2. The highest BCUT2D eigenvalue weighted by Crippen LogP contribution is 2.26. The molecule has 0 unspecified atom stereocenters. The summed E-state index contributed by atoms with van der Waals surface area (Å²) in [5.74, 6) is 0.0116. The van der Waals surface area contributed by atoms with E-state index in [2.05, 4.69) is 36.3 Å².